The summed E-state index contributed by atoms with van der Waals surface area (Å²) in [5.74, 6) is -7.58. The number of hydrogen-bond acceptors (Lipinski definition) is 12. The molecule has 4 aliphatic rings. The van der Waals surface area contributed by atoms with Crippen molar-refractivity contribution in [3.05, 3.63) is 47.6 Å². The van der Waals surface area contributed by atoms with Crippen LogP contribution in [0.4, 0.5) is 0 Å². The highest BCUT2D eigenvalue weighted by molar-refractivity contribution is 6.39. The van der Waals surface area contributed by atoms with Crippen LogP contribution in [0.1, 0.15) is 132 Å². The Kier molecular flexibility index (Phi) is 20.1. The summed E-state index contributed by atoms with van der Waals surface area (Å²) in [7, 11) is 2.97. The molecule has 1 unspecified atom stereocenters. The predicted octanol–water partition coefficient (Wildman–Crippen LogP) is 6.56. The first-order valence-corrected chi connectivity index (χ1v) is 23.5. The Hall–Kier alpha value is -3.33. The number of rotatable bonds is 5. The maximum atomic E-state index is 14.3. The van der Waals surface area contributed by atoms with E-state index in [1.54, 1.807) is 34.0 Å². The molecule has 13 heteroatoms. The van der Waals surface area contributed by atoms with Gasteiger partial charge in [0, 0.05) is 51.4 Å². The second-order valence-electron chi connectivity index (χ2n) is 19.3. The Morgan fingerprint density at radius 3 is 2.24 bits per heavy atom. The largest absolute Gasteiger partial charge is 0.460 e. The Labute approximate surface area is 375 Å². The van der Waals surface area contributed by atoms with E-state index in [4.69, 9.17) is 18.9 Å². The van der Waals surface area contributed by atoms with Crippen molar-refractivity contribution in [1.82, 2.24) is 4.90 Å². The van der Waals surface area contributed by atoms with E-state index < -0.39 is 77.8 Å². The summed E-state index contributed by atoms with van der Waals surface area (Å²) in [5, 5.41) is 33.5. The number of amides is 1. The minimum Gasteiger partial charge on any atom is -0.460 e. The Morgan fingerprint density at radius 2 is 1.57 bits per heavy atom. The number of allylic oxidation sites excluding steroid dienone is 6. The molecule has 1 amide bonds. The highest BCUT2D eigenvalue weighted by atomic mass is 16.6. The number of ketones is 3. The summed E-state index contributed by atoms with van der Waals surface area (Å²) in [5.41, 5.74) is 1.22. The number of aliphatic hydroxyl groups is 3. The van der Waals surface area contributed by atoms with E-state index in [-0.39, 0.29) is 54.8 Å². The summed E-state index contributed by atoms with van der Waals surface area (Å²) in [6.45, 7) is 12.8. The number of ether oxygens (including phenoxy) is 4. The van der Waals surface area contributed by atoms with Gasteiger partial charge in [0.1, 0.15) is 18.2 Å². The van der Waals surface area contributed by atoms with Crippen molar-refractivity contribution in [1.29, 1.82) is 0 Å². The lowest BCUT2D eigenvalue weighted by molar-refractivity contribution is -0.265. The molecule has 12 atom stereocenters. The van der Waals surface area contributed by atoms with Gasteiger partial charge >= 0.3 is 5.97 Å². The minimum absolute atomic E-state index is 0.0300. The molecule has 0 aromatic carbocycles. The summed E-state index contributed by atoms with van der Waals surface area (Å²) >= 11 is 0. The summed E-state index contributed by atoms with van der Waals surface area (Å²) in [6.07, 6.45) is 13.2. The molecule has 3 N–H and O–H groups in total. The zero-order valence-corrected chi connectivity index (χ0v) is 39.3. The number of piperidine rings is 1. The average molecular weight is 884 g/mol. The molecule has 1 aliphatic carbocycles. The lowest BCUT2D eigenvalue weighted by Gasteiger charge is -2.42. The van der Waals surface area contributed by atoms with E-state index >= 15 is 0 Å². The van der Waals surface area contributed by atoms with Crippen molar-refractivity contribution in [3.63, 3.8) is 0 Å². The molecule has 3 aliphatic heterocycles. The van der Waals surface area contributed by atoms with Crippen LogP contribution in [-0.4, -0.2) is 119 Å². The fourth-order valence-corrected chi connectivity index (χ4v) is 9.85. The molecule has 0 spiro atoms. The van der Waals surface area contributed by atoms with Crippen LogP contribution in [0.5, 0.6) is 0 Å². The topological polar surface area (TPSA) is 186 Å². The van der Waals surface area contributed by atoms with Gasteiger partial charge in [-0.05, 0) is 113 Å². The molecule has 3 fully saturated rings. The molecular weight excluding hydrogens is 807 g/mol. The lowest BCUT2D eigenvalue weighted by Crippen LogP contribution is -2.61. The van der Waals surface area contributed by atoms with Crippen LogP contribution in [0.2, 0.25) is 0 Å². The van der Waals surface area contributed by atoms with Crippen LogP contribution in [0.3, 0.4) is 0 Å². The molecule has 2 bridgehead atoms. The first-order chi connectivity index (χ1) is 29.8. The molecule has 4 rings (SSSR count). The fourth-order valence-electron chi connectivity index (χ4n) is 9.85. The van der Waals surface area contributed by atoms with E-state index in [1.165, 1.54) is 12.0 Å². The molecule has 2 saturated heterocycles. The van der Waals surface area contributed by atoms with E-state index in [2.05, 4.69) is 0 Å². The van der Waals surface area contributed by atoms with E-state index in [0.29, 0.717) is 63.4 Å². The van der Waals surface area contributed by atoms with Crippen LogP contribution in [-0.2, 0) is 42.9 Å². The average Bonchev–Trinajstić information content (AvgIpc) is 3.26. The van der Waals surface area contributed by atoms with Gasteiger partial charge in [0.15, 0.2) is 11.6 Å². The van der Waals surface area contributed by atoms with Crippen molar-refractivity contribution in [2.75, 3.05) is 20.8 Å². The lowest BCUT2D eigenvalue weighted by atomic mass is 9.80. The molecule has 0 aromatic heterocycles. The van der Waals surface area contributed by atoms with Crippen LogP contribution < -0.4 is 0 Å². The van der Waals surface area contributed by atoms with Gasteiger partial charge < -0.3 is 39.2 Å². The quantitative estimate of drug-likeness (QED) is 0.200. The third-order valence-electron chi connectivity index (χ3n) is 14.1. The number of cyclic esters (lactones) is 1. The standard InChI is InChI=1S/C50H77NO12/c1-30-15-11-10-12-16-31(2)42(60-8)28-39-23-18-36(7)50(59,63-39)47(56)48(57)51-24-14-13-17-40(51)49(58)62-43(33(4)27-37-19-21-38(52)22-20-37)29-41(53)32(3)26-35(6)45(55)46(61-9)44(54)34(5)25-30/h10-12,15-16,26,30,33-40,42-43,45-46,52,55,59H,13-14,17-25,27-29H2,1-9H3/b12-10?,15-11?,31-16?,32-26+/t30-,33-,34-,35?,36-,37?,38?,39+,40+,42+,43+,45-,46+,50-/m1/s1. The van der Waals surface area contributed by atoms with E-state index in [0.717, 1.165) is 18.4 Å². The Bertz CT molecular complexity index is 1690. The van der Waals surface area contributed by atoms with Gasteiger partial charge in [-0.1, -0.05) is 71.1 Å². The van der Waals surface area contributed by atoms with Gasteiger partial charge in [0.25, 0.3) is 11.7 Å². The maximum Gasteiger partial charge on any atom is 0.329 e. The third-order valence-corrected chi connectivity index (χ3v) is 14.1. The van der Waals surface area contributed by atoms with Crippen LogP contribution in [0, 0.1) is 35.5 Å². The van der Waals surface area contributed by atoms with Crippen LogP contribution in [0.15, 0.2) is 47.6 Å². The number of nitrogens with zero attached hydrogens (tertiary/aromatic N) is 1. The summed E-state index contributed by atoms with van der Waals surface area (Å²) < 4.78 is 23.8. The molecule has 63 heavy (non-hydrogen) atoms. The highest BCUT2D eigenvalue weighted by Gasteiger charge is 2.53. The fraction of sp³-hybridized carbons (Fsp3) is 0.740. The number of carbonyl (C=O) groups excluding carboxylic acids is 5. The number of methoxy groups -OCH3 is 2. The van der Waals surface area contributed by atoms with Gasteiger partial charge in [0.05, 0.1) is 24.4 Å². The van der Waals surface area contributed by atoms with Crippen molar-refractivity contribution in [2.45, 2.75) is 180 Å². The van der Waals surface area contributed by atoms with Gasteiger partial charge in [-0.2, -0.15) is 0 Å². The zero-order chi connectivity index (χ0) is 46.6. The number of Topliss-reactive ketones (excluding diaryl/α,β-unsaturated/α-hetero) is 3. The van der Waals surface area contributed by atoms with Gasteiger partial charge in [-0.15, -0.1) is 0 Å². The number of fused-ring (bicyclic) bond motifs is 3. The minimum atomic E-state index is -2.42. The highest BCUT2D eigenvalue weighted by Crippen LogP contribution is 2.37. The number of aliphatic hydroxyl groups excluding tert-OH is 2. The van der Waals surface area contributed by atoms with E-state index in [9.17, 15) is 39.3 Å². The molecule has 3 heterocycles. The molecule has 13 nitrogen and oxygen atoms in total. The van der Waals surface area contributed by atoms with Gasteiger partial charge in [-0.25, -0.2) is 4.79 Å². The number of esters is 1. The van der Waals surface area contributed by atoms with Gasteiger partial charge in [0.2, 0.25) is 5.79 Å². The Balaban J connectivity index is 1.69. The van der Waals surface area contributed by atoms with E-state index in [1.807, 2.05) is 58.1 Å². The summed E-state index contributed by atoms with van der Waals surface area (Å²) in [6, 6.07) is -1.12. The van der Waals surface area contributed by atoms with Gasteiger partial charge in [-0.3, -0.25) is 19.2 Å². The van der Waals surface area contributed by atoms with Crippen molar-refractivity contribution in [3.8, 4) is 0 Å². The Morgan fingerprint density at radius 1 is 0.873 bits per heavy atom. The second-order valence-corrected chi connectivity index (χ2v) is 19.3. The normalized spacial score (nSPS) is 38.3. The van der Waals surface area contributed by atoms with Crippen molar-refractivity contribution >= 4 is 29.2 Å². The smallest absolute Gasteiger partial charge is 0.329 e. The molecule has 0 radical (unpaired) electrons. The predicted molar refractivity (Wildman–Crippen MR) is 239 cm³/mol. The monoisotopic (exact) mass is 884 g/mol. The number of carbonyl (C=O) groups is 5. The number of hydrogen-bond donors (Lipinski definition) is 3. The molecular formula is C50H77NO12. The molecule has 1 saturated carbocycles. The van der Waals surface area contributed by atoms with Crippen LogP contribution >= 0.6 is 0 Å². The molecule has 354 valence electrons. The van der Waals surface area contributed by atoms with Crippen LogP contribution in [0.25, 0.3) is 0 Å². The van der Waals surface area contributed by atoms with Crippen molar-refractivity contribution < 1.29 is 58.2 Å². The maximum absolute atomic E-state index is 14.3. The SMILES string of the molecule is CO[C@H]1C[C@@H]2CC[C@@H](C)[C@@](O)(O2)C(=O)C(=O)N2CCCC[C@H]2C(=O)O[C@H]([C@H](C)CC2CCC(O)CC2)CC(=O)/C(C)=C/C(C)[C@@H](O)[C@@H](OC)C(=O)[C@H](C)C[C@H](C)C=CC=CC=C1C. The second kappa shape index (κ2) is 24.3. The van der Waals surface area contributed by atoms with Crippen molar-refractivity contribution in [2.24, 2.45) is 35.5 Å². The first kappa shape index (κ1) is 52.3. The zero-order valence-electron chi connectivity index (χ0n) is 39.3. The first-order valence-electron chi connectivity index (χ1n) is 23.5. The summed E-state index contributed by atoms with van der Waals surface area (Å²) in [4.78, 5) is 71.5. The third kappa shape index (κ3) is 14.1. The molecule has 0 aromatic rings.